The molecular weight excluding hydrogens is 390 g/mol. The molecule has 7 heteroatoms. The summed E-state index contributed by atoms with van der Waals surface area (Å²) in [6.07, 6.45) is 3.02. The zero-order chi connectivity index (χ0) is 22.2. The summed E-state index contributed by atoms with van der Waals surface area (Å²) in [7, 11) is 2.06. The van der Waals surface area contributed by atoms with Gasteiger partial charge in [0.15, 0.2) is 5.69 Å². The largest absolute Gasteiger partial charge is 0.352 e. The topological polar surface area (TPSA) is 79.3 Å². The molecular formula is C24H33N5O2. The number of aromatic nitrogens is 2. The van der Waals surface area contributed by atoms with Crippen molar-refractivity contribution in [2.45, 2.75) is 65.2 Å². The van der Waals surface area contributed by atoms with Crippen molar-refractivity contribution in [3.63, 3.8) is 0 Å². The fourth-order valence-corrected chi connectivity index (χ4v) is 4.10. The fraction of sp³-hybridized carbons (Fsp3) is 0.542. The molecule has 1 fully saturated rings. The van der Waals surface area contributed by atoms with E-state index >= 15 is 0 Å². The number of rotatable bonds is 5. The second-order valence-electron chi connectivity index (χ2n) is 9.90. The van der Waals surface area contributed by atoms with E-state index in [2.05, 4.69) is 27.1 Å². The first-order valence-corrected chi connectivity index (χ1v) is 11.2. The van der Waals surface area contributed by atoms with Gasteiger partial charge in [0, 0.05) is 24.7 Å². The zero-order valence-electron chi connectivity index (χ0n) is 18.9. The third-order valence-corrected chi connectivity index (χ3v) is 5.99. The smallest absolute Gasteiger partial charge is 0.272 e. The zero-order valence-corrected chi connectivity index (χ0v) is 18.9. The number of carbonyl (C=O) groups is 2. The van der Waals surface area contributed by atoms with Gasteiger partial charge in [-0.1, -0.05) is 51.1 Å². The van der Waals surface area contributed by atoms with E-state index in [-0.39, 0.29) is 17.9 Å². The van der Waals surface area contributed by atoms with Crippen molar-refractivity contribution < 1.29 is 9.59 Å². The molecule has 1 aromatic carbocycles. The van der Waals surface area contributed by atoms with Gasteiger partial charge in [-0.3, -0.25) is 9.59 Å². The number of carbonyl (C=O) groups excluding carboxylic acids is 2. The molecule has 0 bridgehead atoms. The number of benzene rings is 1. The molecule has 2 amide bonds. The third-order valence-electron chi connectivity index (χ3n) is 5.99. The van der Waals surface area contributed by atoms with Crippen LogP contribution in [0.2, 0.25) is 0 Å². The van der Waals surface area contributed by atoms with Crippen LogP contribution in [0.25, 0.3) is 11.4 Å². The van der Waals surface area contributed by atoms with Gasteiger partial charge in [0.2, 0.25) is 5.91 Å². The molecule has 166 valence electrons. The number of hydrogen-bond acceptors (Lipinski definition) is 4. The molecule has 1 aromatic heterocycles. The van der Waals surface area contributed by atoms with Crippen LogP contribution in [0.5, 0.6) is 0 Å². The number of amides is 2. The average Bonchev–Trinajstić information content (AvgIpc) is 3.49. The van der Waals surface area contributed by atoms with Gasteiger partial charge in [0.1, 0.15) is 11.9 Å². The van der Waals surface area contributed by atoms with Crippen molar-refractivity contribution in [3.8, 4) is 11.4 Å². The van der Waals surface area contributed by atoms with Crippen LogP contribution in [0.3, 0.4) is 0 Å². The lowest BCUT2D eigenvalue weighted by molar-refractivity contribution is -0.125. The number of nitrogens with one attached hydrogen (secondary N) is 2. The third kappa shape index (κ3) is 4.82. The summed E-state index contributed by atoms with van der Waals surface area (Å²) in [5.41, 5.74) is 1.91. The molecule has 2 aromatic rings. The van der Waals surface area contributed by atoms with E-state index in [4.69, 9.17) is 4.98 Å². The van der Waals surface area contributed by atoms with Gasteiger partial charge < -0.3 is 20.1 Å². The molecule has 0 spiro atoms. The first-order chi connectivity index (χ1) is 14.7. The van der Waals surface area contributed by atoms with Crippen LogP contribution in [0.1, 0.15) is 56.2 Å². The molecule has 1 aliphatic heterocycles. The van der Waals surface area contributed by atoms with E-state index in [0.29, 0.717) is 12.2 Å². The molecule has 0 unspecified atom stereocenters. The molecule has 2 N–H and O–H groups in total. The SMILES string of the molecule is CN1CCCn2c(-c3ccccc3)nc(C(=O)N[C@H](C(=O)NC3CC3)C(C)(C)C)c2C1. The minimum atomic E-state index is -0.623. The fourth-order valence-electron chi connectivity index (χ4n) is 4.10. The van der Waals surface area contributed by atoms with E-state index in [9.17, 15) is 9.59 Å². The maximum absolute atomic E-state index is 13.5. The Morgan fingerprint density at radius 3 is 2.48 bits per heavy atom. The van der Waals surface area contributed by atoms with Gasteiger partial charge in [-0.15, -0.1) is 0 Å². The maximum Gasteiger partial charge on any atom is 0.272 e. The van der Waals surface area contributed by atoms with Gasteiger partial charge >= 0.3 is 0 Å². The quantitative estimate of drug-likeness (QED) is 0.775. The molecule has 1 atom stereocenters. The highest BCUT2D eigenvalue weighted by Crippen LogP contribution is 2.27. The summed E-state index contributed by atoms with van der Waals surface area (Å²) in [6.45, 7) is 8.35. The summed E-state index contributed by atoms with van der Waals surface area (Å²) in [6, 6.07) is 9.61. The lowest BCUT2D eigenvalue weighted by atomic mass is 9.86. The van der Waals surface area contributed by atoms with Crippen molar-refractivity contribution >= 4 is 11.8 Å². The van der Waals surface area contributed by atoms with Crippen LogP contribution in [0.4, 0.5) is 0 Å². The van der Waals surface area contributed by atoms with Crippen LogP contribution < -0.4 is 10.6 Å². The maximum atomic E-state index is 13.5. The Hall–Kier alpha value is -2.67. The van der Waals surface area contributed by atoms with Crippen LogP contribution in [-0.4, -0.2) is 51.9 Å². The number of nitrogens with zero attached hydrogens (tertiary/aromatic N) is 3. The second-order valence-corrected chi connectivity index (χ2v) is 9.90. The Balaban J connectivity index is 1.68. The standard InChI is InChI=1S/C24H33N5O2/c1-24(2,3)20(23(31)25-17-11-12-17)27-22(30)19-18-15-28(4)13-8-14-29(18)21(26-19)16-9-6-5-7-10-16/h5-7,9-10,17,20H,8,11-15H2,1-4H3,(H,25,31)(H,27,30)/t20-/m1/s1. The molecule has 2 aliphatic rings. The Morgan fingerprint density at radius 2 is 1.84 bits per heavy atom. The normalized spacial score (nSPS) is 18.1. The Morgan fingerprint density at radius 1 is 1.13 bits per heavy atom. The highest BCUT2D eigenvalue weighted by atomic mass is 16.2. The highest BCUT2D eigenvalue weighted by Gasteiger charge is 2.37. The molecule has 0 saturated heterocycles. The van der Waals surface area contributed by atoms with Gasteiger partial charge in [-0.2, -0.15) is 0 Å². The first kappa shape index (κ1) is 21.6. The van der Waals surface area contributed by atoms with E-state index < -0.39 is 11.5 Å². The highest BCUT2D eigenvalue weighted by molar-refractivity contribution is 5.98. The summed E-state index contributed by atoms with van der Waals surface area (Å²) < 4.78 is 2.17. The van der Waals surface area contributed by atoms with Crippen LogP contribution in [0, 0.1) is 5.41 Å². The van der Waals surface area contributed by atoms with Crippen molar-refractivity contribution in [3.05, 3.63) is 41.7 Å². The van der Waals surface area contributed by atoms with Crippen molar-refractivity contribution in [2.75, 3.05) is 13.6 Å². The predicted octanol–water partition coefficient (Wildman–Crippen LogP) is 2.81. The lowest BCUT2D eigenvalue weighted by Crippen LogP contribution is -2.54. The Kier molecular flexibility index (Phi) is 5.88. The lowest BCUT2D eigenvalue weighted by Gasteiger charge is -2.30. The van der Waals surface area contributed by atoms with Gasteiger partial charge in [0.05, 0.1) is 5.69 Å². The number of fused-ring (bicyclic) bond motifs is 1. The molecule has 0 radical (unpaired) electrons. The van der Waals surface area contributed by atoms with E-state index in [1.807, 2.05) is 51.1 Å². The van der Waals surface area contributed by atoms with Gasteiger partial charge in [-0.25, -0.2) is 4.98 Å². The predicted molar refractivity (Wildman–Crippen MR) is 120 cm³/mol. The van der Waals surface area contributed by atoms with Crippen molar-refractivity contribution in [1.82, 2.24) is 25.1 Å². The minimum absolute atomic E-state index is 0.117. The summed E-state index contributed by atoms with van der Waals surface area (Å²) in [5.74, 6) is 0.409. The van der Waals surface area contributed by atoms with Crippen LogP contribution in [0.15, 0.2) is 30.3 Å². The summed E-state index contributed by atoms with van der Waals surface area (Å²) >= 11 is 0. The van der Waals surface area contributed by atoms with E-state index in [1.54, 1.807) is 0 Å². The monoisotopic (exact) mass is 423 g/mol. The summed E-state index contributed by atoms with van der Waals surface area (Å²) in [5, 5.41) is 6.05. The van der Waals surface area contributed by atoms with E-state index in [1.165, 1.54) is 0 Å². The first-order valence-electron chi connectivity index (χ1n) is 11.2. The summed E-state index contributed by atoms with van der Waals surface area (Å²) in [4.78, 5) is 33.3. The molecule has 1 saturated carbocycles. The van der Waals surface area contributed by atoms with Crippen molar-refractivity contribution in [2.24, 2.45) is 5.41 Å². The molecule has 7 nitrogen and oxygen atoms in total. The van der Waals surface area contributed by atoms with Crippen molar-refractivity contribution in [1.29, 1.82) is 0 Å². The van der Waals surface area contributed by atoms with Gasteiger partial charge in [-0.05, 0) is 38.3 Å². The Bertz CT molecular complexity index is 956. The van der Waals surface area contributed by atoms with E-state index in [0.717, 1.165) is 49.4 Å². The molecule has 1 aliphatic carbocycles. The van der Waals surface area contributed by atoms with Gasteiger partial charge in [0.25, 0.3) is 5.91 Å². The number of hydrogen-bond donors (Lipinski definition) is 2. The molecule has 31 heavy (non-hydrogen) atoms. The molecule has 2 heterocycles. The Labute approximate surface area is 184 Å². The second kappa shape index (κ2) is 8.46. The molecule has 4 rings (SSSR count). The van der Waals surface area contributed by atoms with Crippen LogP contribution >= 0.6 is 0 Å². The number of imidazole rings is 1. The van der Waals surface area contributed by atoms with Crippen LogP contribution in [-0.2, 0) is 17.9 Å². The minimum Gasteiger partial charge on any atom is -0.352 e. The average molecular weight is 424 g/mol.